The molecule has 4 rings (SSSR count). The zero-order valence-corrected chi connectivity index (χ0v) is 16.0. The first-order valence-electron chi connectivity index (χ1n) is 8.88. The maximum absolute atomic E-state index is 12.4. The topological polar surface area (TPSA) is 101 Å². The summed E-state index contributed by atoms with van der Waals surface area (Å²) in [6, 6.07) is 13.5. The number of aromatic nitrogens is 1. The standard InChI is InChI=1S/C21H16N4O3S/c26-18(24-17-9-3-6-13-5-1-2-7-15(13)17)11-14-12-29-21(23-14)25-20(28)16-8-4-10-22-19(16)27/h1-10,12,16H,11H2,(H,24,26)(H,23,25,28). The van der Waals surface area contributed by atoms with E-state index in [0.717, 1.165) is 16.5 Å². The predicted molar refractivity (Wildman–Crippen MR) is 113 cm³/mol. The number of nitrogens with zero attached hydrogens (tertiary/aromatic N) is 2. The van der Waals surface area contributed by atoms with Crippen LogP contribution in [0.3, 0.4) is 0 Å². The molecule has 29 heavy (non-hydrogen) atoms. The highest BCUT2D eigenvalue weighted by Crippen LogP contribution is 2.23. The Kier molecular flexibility index (Phi) is 5.26. The lowest BCUT2D eigenvalue weighted by molar-refractivity contribution is -0.128. The van der Waals surface area contributed by atoms with Gasteiger partial charge >= 0.3 is 0 Å². The van der Waals surface area contributed by atoms with Crippen molar-refractivity contribution < 1.29 is 14.4 Å². The molecular weight excluding hydrogens is 388 g/mol. The van der Waals surface area contributed by atoms with E-state index in [2.05, 4.69) is 20.6 Å². The molecule has 0 saturated heterocycles. The summed E-state index contributed by atoms with van der Waals surface area (Å²) in [5.41, 5.74) is 1.27. The van der Waals surface area contributed by atoms with Gasteiger partial charge in [0.15, 0.2) is 5.13 Å². The number of benzene rings is 2. The highest BCUT2D eigenvalue weighted by Gasteiger charge is 2.25. The fourth-order valence-corrected chi connectivity index (χ4v) is 3.67. The molecule has 7 nitrogen and oxygen atoms in total. The van der Waals surface area contributed by atoms with Gasteiger partial charge in [-0.3, -0.25) is 14.4 Å². The van der Waals surface area contributed by atoms with Gasteiger partial charge in [0.05, 0.1) is 12.1 Å². The first kappa shape index (κ1) is 18.7. The minimum absolute atomic E-state index is 0.0716. The van der Waals surface area contributed by atoms with Gasteiger partial charge in [0.1, 0.15) is 5.92 Å². The van der Waals surface area contributed by atoms with Crippen molar-refractivity contribution in [2.24, 2.45) is 10.9 Å². The third-order valence-electron chi connectivity index (χ3n) is 4.33. The number of hydrogen-bond donors (Lipinski definition) is 2. The number of fused-ring (bicyclic) bond motifs is 1. The fourth-order valence-electron chi connectivity index (χ4n) is 2.96. The molecule has 2 N–H and O–H groups in total. The predicted octanol–water partition coefficient (Wildman–Crippen LogP) is 3.20. The van der Waals surface area contributed by atoms with E-state index in [1.807, 2.05) is 42.5 Å². The molecule has 0 saturated carbocycles. The zero-order valence-electron chi connectivity index (χ0n) is 15.2. The highest BCUT2D eigenvalue weighted by atomic mass is 32.1. The Labute approximate surface area is 170 Å². The van der Waals surface area contributed by atoms with E-state index in [1.165, 1.54) is 23.6 Å². The van der Waals surface area contributed by atoms with Crippen LogP contribution in [0.15, 0.2) is 65.0 Å². The molecule has 0 fully saturated rings. The zero-order chi connectivity index (χ0) is 20.2. The van der Waals surface area contributed by atoms with Crippen LogP contribution in [0.1, 0.15) is 5.69 Å². The number of hydrogen-bond acceptors (Lipinski definition) is 5. The lowest BCUT2D eigenvalue weighted by Crippen LogP contribution is -2.28. The van der Waals surface area contributed by atoms with Gasteiger partial charge in [-0.05, 0) is 17.5 Å². The SMILES string of the molecule is O=C(Cc1csc(NC(=O)C2C=CC=NC2=O)n1)Nc1cccc2ccccc12. The molecule has 1 aliphatic heterocycles. The quantitative estimate of drug-likeness (QED) is 0.638. The molecule has 2 heterocycles. The maximum Gasteiger partial charge on any atom is 0.262 e. The fraction of sp³-hybridized carbons (Fsp3) is 0.0952. The number of carbonyl (C=O) groups is 3. The van der Waals surface area contributed by atoms with Gasteiger partial charge in [0.25, 0.3) is 5.91 Å². The molecule has 144 valence electrons. The summed E-state index contributed by atoms with van der Waals surface area (Å²) in [5.74, 6) is -2.17. The van der Waals surface area contributed by atoms with Crippen LogP contribution >= 0.6 is 11.3 Å². The molecule has 0 aliphatic carbocycles. The second-order valence-electron chi connectivity index (χ2n) is 6.36. The van der Waals surface area contributed by atoms with Crippen LogP contribution in [0.2, 0.25) is 0 Å². The van der Waals surface area contributed by atoms with E-state index >= 15 is 0 Å². The van der Waals surface area contributed by atoms with Crippen molar-refractivity contribution in [2.75, 3.05) is 10.6 Å². The first-order chi connectivity index (χ1) is 14.1. The number of rotatable bonds is 5. The molecule has 8 heteroatoms. The number of allylic oxidation sites excluding steroid dienone is 1. The highest BCUT2D eigenvalue weighted by molar-refractivity contribution is 7.14. The molecule has 1 unspecified atom stereocenters. The second kappa shape index (κ2) is 8.15. The monoisotopic (exact) mass is 404 g/mol. The molecule has 1 atom stereocenters. The van der Waals surface area contributed by atoms with Crippen LogP contribution in [-0.2, 0) is 20.8 Å². The van der Waals surface area contributed by atoms with Crippen LogP contribution in [0, 0.1) is 5.92 Å². The van der Waals surface area contributed by atoms with Crippen molar-refractivity contribution in [3.05, 3.63) is 65.7 Å². The minimum Gasteiger partial charge on any atom is -0.325 e. The first-order valence-corrected chi connectivity index (χ1v) is 9.76. The summed E-state index contributed by atoms with van der Waals surface area (Å²) >= 11 is 1.20. The Bertz CT molecular complexity index is 1160. The van der Waals surface area contributed by atoms with Gasteiger partial charge in [0, 0.05) is 22.7 Å². The maximum atomic E-state index is 12.4. The average Bonchev–Trinajstić information content (AvgIpc) is 3.15. The van der Waals surface area contributed by atoms with E-state index < -0.39 is 17.7 Å². The van der Waals surface area contributed by atoms with Crippen LogP contribution in [-0.4, -0.2) is 28.9 Å². The Hall–Kier alpha value is -3.65. The third-order valence-corrected chi connectivity index (χ3v) is 5.13. The summed E-state index contributed by atoms with van der Waals surface area (Å²) in [6.45, 7) is 0. The van der Waals surface area contributed by atoms with E-state index in [4.69, 9.17) is 0 Å². The molecule has 3 aromatic rings. The summed E-state index contributed by atoms with van der Waals surface area (Å²) in [7, 11) is 0. The smallest absolute Gasteiger partial charge is 0.262 e. The molecular formula is C21H16N4O3S. The minimum atomic E-state index is -0.956. The van der Waals surface area contributed by atoms with Crippen molar-refractivity contribution in [2.45, 2.75) is 6.42 Å². The third kappa shape index (κ3) is 4.27. The largest absolute Gasteiger partial charge is 0.325 e. The molecule has 2 aromatic carbocycles. The molecule has 0 spiro atoms. The lowest BCUT2D eigenvalue weighted by atomic mass is 10.1. The van der Waals surface area contributed by atoms with Crippen molar-refractivity contribution in [1.29, 1.82) is 0 Å². The summed E-state index contributed by atoms with van der Waals surface area (Å²) in [4.78, 5) is 44.2. The van der Waals surface area contributed by atoms with Crippen LogP contribution in [0.25, 0.3) is 10.8 Å². The Balaban J connectivity index is 1.39. The Morgan fingerprint density at radius 1 is 1.07 bits per heavy atom. The van der Waals surface area contributed by atoms with Gasteiger partial charge < -0.3 is 10.6 Å². The number of anilines is 2. The summed E-state index contributed by atoms with van der Waals surface area (Å²) < 4.78 is 0. The van der Waals surface area contributed by atoms with Crippen molar-refractivity contribution in [3.8, 4) is 0 Å². The summed E-state index contributed by atoms with van der Waals surface area (Å²) in [5, 5.41) is 9.55. The normalized spacial score (nSPS) is 15.4. The number of thiazole rings is 1. The molecule has 1 aromatic heterocycles. The van der Waals surface area contributed by atoms with Crippen LogP contribution in [0.4, 0.5) is 10.8 Å². The molecule has 0 radical (unpaired) electrons. The lowest BCUT2D eigenvalue weighted by Gasteiger charge is -2.09. The number of amides is 3. The van der Waals surface area contributed by atoms with Crippen molar-refractivity contribution in [1.82, 2.24) is 4.98 Å². The second-order valence-corrected chi connectivity index (χ2v) is 7.22. The summed E-state index contributed by atoms with van der Waals surface area (Å²) in [6.07, 6.45) is 4.46. The van der Waals surface area contributed by atoms with Gasteiger partial charge in [-0.2, -0.15) is 0 Å². The van der Waals surface area contributed by atoms with Gasteiger partial charge in [-0.15, -0.1) is 11.3 Å². The Morgan fingerprint density at radius 3 is 2.76 bits per heavy atom. The van der Waals surface area contributed by atoms with Crippen LogP contribution in [0.5, 0.6) is 0 Å². The molecule has 0 bridgehead atoms. The molecule has 1 aliphatic rings. The van der Waals surface area contributed by atoms with E-state index in [9.17, 15) is 14.4 Å². The van der Waals surface area contributed by atoms with Crippen molar-refractivity contribution in [3.63, 3.8) is 0 Å². The number of dihydropyridines is 1. The van der Waals surface area contributed by atoms with Gasteiger partial charge in [-0.1, -0.05) is 42.5 Å². The number of carbonyl (C=O) groups excluding carboxylic acids is 3. The van der Waals surface area contributed by atoms with E-state index in [0.29, 0.717) is 10.8 Å². The molecule has 3 amide bonds. The average molecular weight is 404 g/mol. The van der Waals surface area contributed by atoms with Crippen LogP contribution < -0.4 is 10.6 Å². The van der Waals surface area contributed by atoms with Gasteiger partial charge in [-0.25, -0.2) is 9.98 Å². The Morgan fingerprint density at radius 2 is 1.90 bits per heavy atom. The van der Waals surface area contributed by atoms with E-state index in [1.54, 1.807) is 11.5 Å². The van der Waals surface area contributed by atoms with E-state index in [-0.39, 0.29) is 12.3 Å². The van der Waals surface area contributed by atoms with Gasteiger partial charge in [0.2, 0.25) is 11.8 Å². The van der Waals surface area contributed by atoms with Crippen molar-refractivity contribution >= 4 is 56.9 Å². The number of aliphatic imine (C=N–C) groups is 1. The number of nitrogens with one attached hydrogen (secondary N) is 2.